The van der Waals surface area contributed by atoms with Crippen molar-refractivity contribution in [1.29, 1.82) is 0 Å². The Hall–Kier alpha value is -1.51. The summed E-state index contributed by atoms with van der Waals surface area (Å²) in [5.74, 6) is 0. The van der Waals surface area contributed by atoms with E-state index in [9.17, 15) is 0 Å². The molecule has 0 aliphatic rings. The highest BCUT2D eigenvalue weighted by atomic mass is 16.4. The molecule has 0 radical (unpaired) electrons. The van der Waals surface area contributed by atoms with Gasteiger partial charge in [0.2, 0.25) is 0 Å². The molecule has 0 saturated heterocycles. The average Bonchev–Trinajstić information content (AvgIpc) is 2.16. The van der Waals surface area contributed by atoms with Crippen molar-refractivity contribution in [3.63, 3.8) is 0 Å². The van der Waals surface area contributed by atoms with Gasteiger partial charge in [-0.1, -0.05) is 23.4 Å². The Morgan fingerprint density at radius 3 is 2.46 bits per heavy atom. The number of benzene rings is 1. The molecule has 1 rings (SSSR count). The molecule has 1 aromatic carbocycles. The fourth-order valence-electron chi connectivity index (χ4n) is 1.22. The van der Waals surface area contributed by atoms with Gasteiger partial charge in [0.1, 0.15) is 0 Å². The molecule has 0 unspecified atom stereocenters. The van der Waals surface area contributed by atoms with Gasteiger partial charge in [-0.3, -0.25) is 0 Å². The van der Waals surface area contributed by atoms with E-state index in [1.165, 1.54) is 0 Å². The van der Waals surface area contributed by atoms with Crippen molar-refractivity contribution in [2.75, 3.05) is 19.0 Å². The standard InChI is InChI=1S/C10H14N2O/c1-8(11-13)9-6-4-5-7-10(9)12(2)3/h4-7,13H,1-3H3. The maximum Gasteiger partial charge on any atom is 0.0857 e. The van der Waals surface area contributed by atoms with Crippen LogP contribution in [0.15, 0.2) is 29.4 Å². The summed E-state index contributed by atoms with van der Waals surface area (Å²) >= 11 is 0. The molecule has 70 valence electrons. The lowest BCUT2D eigenvalue weighted by atomic mass is 10.1. The zero-order valence-electron chi connectivity index (χ0n) is 8.15. The van der Waals surface area contributed by atoms with E-state index in [2.05, 4.69) is 5.16 Å². The first-order valence-corrected chi connectivity index (χ1v) is 4.12. The third-order valence-electron chi connectivity index (χ3n) is 1.93. The van der Waals surface area contributed by atoms with Crippen LogP contribution in [0.25, 0.3) is 0 Å². The molecule has 0 atom stereocenters. The number of anilines is 1. The summed E-state index contributed by atoms with van der Waals surface area (Å²) in [7, 11) is 3.92. The third kappa shape index (κ3) is 1.99. The van der Waals surface area contributed by atoms with Crippen LogP contribution >= 0.6 is 0 Å². The predicted molar refractivity (Wildman–Crippen MR) is 54.8 cm³/mol. The number of hydrogen-bond acceptors (Lipinski definition) is 3. The summed E-state index contributed by atoms with van der Waals surface area (Å²) in [5.41, 5.74) is 2.64. The highest BCUT2D eigenvalue weighted by Crippen LogP contribution is 2.18. The highest BCUT2D eigenvalue weighted by Gasteiger charge is 2.05. The molecule has 0 aromatic heterocycles. The quantitative estimate of drug-likeness (QED) is 0.427. The van der Waals surface area contributed by atoms with E-state index >= 15 is 0 Å². The van der Waals surface area contributed by atoms with Crippen molar-refractivity contribution in [3.05, 3.63) is 29.8 Å². The number of rotatable bonds is 2. The van der Waals surface area contributed by atoms with Crippen molar-refractivity contribution >= 4 is 11.4 Å². The van der Waals surface area contributed by atoms with Crippen molar-refractivity contribution in [1.82, 2.24) is 0 Å². The summed E-state index contributed by atoms with van der Waals surface area (Å²) in [6, 6.07) is 7.81. The summed E-state index contributed by atoms with van der Waals surface area (Å²) < 4.78 is 0. The monoisotopic (exact) mass is 178 g/mol. The highest BCUT2D eigenvalue weighted by molar-refractivity contribution is 6.03. The largest absolute Gasteiger partial charge is 0.411 e. The van der Waals surface area contributed by atoms with Gasteiger partial charge < -0.3 is 10.1 Å². The van der Waals surface area contributed by atoms with Crippen LogP contribution in [-0.4, -0.2) is 25.0 Å². The lowest BCUT2D eigenvalue weighted by Gasteiger charge is -2.16. The van der Waals surface area contributed by atoms with Crippen LogP contribution < -0.4 is 4.90 Å². The van der Waals surface area contributed by atoms with Crippen LogP contribution in [0.2, 0.25) is 0 Å². The third-order valence-corrected chi connectivity index (χ3v) is 1.93. The minimum absolute atomic E-state index is 0.629. The normalized spacial score (nSPS) is 11.5. The molecule has 13 heavy (non-hydrogen) atoms. The molecule has 3 heteroatoms. The average molecular weight is 178 g/mol. The second-order valence-corrected chi connectivity index (χ2v) is 3.10. The van der Waals surface area contributed by atoms with Crippen molar-refractivity contribution in [2.24, 2.45) is 5.16 Å². The van der Waals surface area contributed by atoms with Gasteiger partial charge in [-0.15, -0.1) is 0 Å². The van der Waals surface area contributed by atoms with Gasteiger partial charge in [-0.2, -0.15) is 0 Å². The molecular weight excluding hydrogens is 164 g/mol. The van der Waals surface area contributed by atoms with Gasteiger partial charge in [0.15, 0.2) is 0 Å². The zero-order chi connectivity index (χ0) is 9.84. The van der Waals surface area contributed by atoms with Gasteiger partial charge in [0.05, 0.1) is 5.71 Å². The summed E-state index contributed by atoms with van der Waals surface area (Å²) in [6.45, 7) is 1.78. The van der Waals surface area contributed by atoms with Crippen molar-refractivity contribution < 1.29 is 5.21 Å². The fourth-order valence-corrected chi connectivity index (χ4v) is 1.22. The first kappa shape index (κ1) is 9.58. The first-order valence-electron chi connectivity index (χ1n) is 4.12. The minimum Gasteiger partial charge on any atom is -0.411 e. The molecule has 0 aliphatic carbocycles. The lowest BCUT2D eigenvalue weighted by Crippen LogP contribution is -2.12. The second kappa shape index (κ2) is 3.94. The summed E-state index contributed by atoms with van der Waals surface area (Å²) in [5, 5.41) is 11.9. The van der Waals surface area contributed by atoms with E-state index in [4.69, 9.17) is 5.21 Å². The van der Waals surface area contributed by atoms with Crippen LogP contribution in [0, 0.1) is 0 Å². The van der Waals surface area contributed by atoms with Crippen molar-refractivity contribution in [2.45, 2.75) is 6.92 Å². The summed E-state index contributed by atoms with van der Waals surface area (Å²) in [4.78, 5) is 1.99. The SMILES string of the molecule is CC(=NO)c1ccccc1N(C)C. The van der Waals surface area contributed by atoms with Crippen LogP contribution in [0.1, 0.15) is 12.5 Å². The van der Waals surface area contributed by atoms with Gasteiger partial charge in [-0.05, 0) is 13.0 Å². The Morgan fingerprint density at radius 2 is 1.92 bits per heavy atom. The maximum absolute atomic E-state index is 8.66. The molecule has 0 bridgehead atoms. The minimum atomic E-state index is 0.629. The molecule has 1 N–H and O–H groups in total. The molecule has 0 spiro atoms. The van der Waals surface area contributed by atoms with E-state index in [0.29, 0.717) is 5.71 Å². The predicted octanol–water partition coefficient (Wildman–Crippen LogP) is 1.95. The first-order chi connectivity index (χ1) is 6.16. The van der Waals surface area contributed by atoms with Crippen molar-refractivity contribution in [3.8, 4) is 0 Å². The molecule has 0 fully saturated rings. The Balaban J connectivity index is 3.20. The topological polar surface area (TPSA) is 35.8 Å². The molecule has 0 saturated carbocycles. The number of hydrogen-bond donors (Lipinski definition) is 1. The number of para-hydroxylation sites is 1. The van der Waals surface area contributed by atoms with Gasteiger partial charge in [-0.25, -0.2) is 0 Å². The molecule has 0 amide bonds. The molecular formula is C10H14N2O. The van der Waals surface area contributed by atoms with E-state index in [1.807, 2.05) is 43.3 Å². The summed E-state index contributed by atoms with van der Waals surface area (Å²) in [6.07, 6.45) is 0. The van der Waals surface area contributed by atoms with Gasteiger partial charge in [0.25, 0.3) is 0 Å². The molecule has 1 aromatic rings. The number of oxime groups is 1. The second-order valence-electron chi connectivity index (χ2n) is 3.10. The Labute approximate surface area is 78.3 Å². The zero-order valence-corrected chi connectivity index (χ0v) is 8.15. The van der Waals surface area contributed by atoms with Gasteiger partial charge >= 0.3 is 0 Å². The molecule has 3 nitrogen and oxygen atoms in total. The molecule has 0 heterocycles. The smallest absolute Gasteiger partial charge is 0.0857 e. The van der Waals surface area contributed by atoms with Crippen LogP contribution in [0.3, 0.4) is 0 Å². The van der Waals surface area contributed by atoms with Crippen LogP contribution in [0.4, 0.5) is 5.69 Å². The van der Waals surface area contributed by atoms with E-state index in [0.717, 1.165) is 11.3 Å². The van der Waals surface area contributed by atoms with Crippen LogP contribution in [0.5, 0.6) is 0 Å². The molecule has 0 aliphatic heterocycles. The Bertz CT molecular complexity index is 318. The Kier molecular flexibility index (Phi) is 2.90. The lowest BCUT2D eigenvalue weighted by molar-refractivity contribution is 0.319. The fraction of sp³-hybridized carbons (Fsp3) is 0.300. The number of nitrogens with zero attached hydrogens (tertiary/aromatic N) is 2. The van der Waals surface area contributed by atoms with Gasteiger partial charge in [0, 0.05) is 25.3 Å². The van der Waals surface area contributed by atoms with Crippen LogP contribution in [-0.2, 0) is 0 Å². The maximum atomic E-state index is 8.66. The van der Waals surface area contributed by atoms with E-state index < -0.39 is 0 Å². The van der Waals surface area contributed by atoms with E-state index in [1.54, 1.807) is 6.92 Å². The Morgan fingerprint density at radius 1 is 1.31 bits per heavy atom. The van der Waals surface area contributed by atoms with E-state index in [-0.39, 0.29) is 0 Å².